The fraction of sp³-hybridized carbons (Fsp3) is 0.412. The lowest BCUT2D eigenvalue weighted by molar-refractivity contribution is 0.0700. The van der Waals surface area contributed by atoms with E-state index in [1.54, 1.807) is 4.57 Å². The summed E-state index contributed by atoms with van der Waals surface area (Å²) < 4.78 is 7.23. The highest BCUT2D eigenvalue weighted by Gasteiger charge is 2.18. The zero-order valence-corrected chi connectivity index (χ0v) is 14.2. The highest BCUT2D eigenvalue weighted by molar-refractivity contribution is 7.11. The Balaban J connectivity index is 1.86. The molecule has 2 aromatic rings. The molecule has 0 aliphatic rings. The summed E-state index contributed by atoms with van der Waals surface area (Å²) in [6.07, 6.45) is 2.12. The second-order valence-corrected chi connectivity index (χ2v) is 6.28. The number of benzene rings is 1. The molecule has 1 N–H and O–H groups in total. The minimum Gasteiger partial charge on any atom is -0.494 e. The van der Waals surface area contributed by atoms with Gasteiger partial charge in [-0.2, -0.15) is 0 Å². The Morgan fingerprint density at radius 1 is 1.26 bits per heavy atom. The third-order valence-electron chi connectivity index (χ3n) is 3.59. The molecule has 0 amide bonds. The Morgan fingerprint density at radius 3 is 2.57 bits per heavy atom. The number of carboxylic acids is 1. The Bertz CT molecular complexity index is 715. The number of ether oxygens (including phenoxy) is 1. The number of thiazole rings is 1. The predicted octanol–water partition coefficient (Wildman–Crippen LogP) is 3.34. The smallest absolute Gasteiger partial charge is 0.347 e. The van der Waals surface area contributed by atoms with Gasteiger partial charge in [0.25, 0.3) is 0 Å². The van der Waals surface area contributed by atoms with Gasteiger partial charge in [0.15, 0.2) is 0 Å². The normalized spacial score (nSPS) is 10.7. The van der Waals surface area contributed by atoms with Crippen molar-refractivity contribution in [1.29, 1.82) is 0 Å². The quantitative estimate of drug-likeness (QED) is 0.751. The number of hydrogen-bond donors (Lipinski definition) is 1. The van der Waals surface area contributed by atoms with Crippen LogP contribution in [0.1, 0.15) is 40.7 Å². The van der Waals surface area contributed by atoms with Gasteiger partial charge >= 0.3 is 10.8 Å². The summed E-state index contributed by atoms with van der Waals surface area (Å²) in [6, 6.07) is 7.88. The topological polar surface area (TPSA) is 68.5 Å². The van der Waals surface area contributed by atoms with Gasteiger partial charge in [-0.05, 0) is 38.3 Å². The summed E-state index contributed by atoms with van der Waals surface area (Å²) in [6.45, 7) is 5.00. The summed E-state index contributed by atoms with van der Waals surface area (Å²) in [5, 5.41) is 9.13. The number of unbranched alkanes of at least 4 members (excludes halogenated alkanes) is 1. The van der Waals surface area contributed by atoms with Crippen LogP contribution in [0.3, 0.4) is 0 Å². The maximum atomic E-state index is 11.9. The van der Waals surface area contributed by atoms with Crippen LogP contribution < -0.4 is 9.61 Å². The van der Waals surface area contributed by atoms with Gasteiger partial charge in [-0.15, -0.1) is 0 Å². The number of rotatable bonds is 8. The van der Waals surface area contributed by atoms with Crippen molar-refractivity contribution in [3.05, 3.63) is 50.1 Å². The molecule has 0 unspecified atom stereocenters. The lowest BCUT2D eigenvalue weighted by atomic mass is 10.2. The molecule has 1 aromatic heterocycles. The van der Waals surface area contributed by atoms with Crippen molar-refractivity contribution in [2.75, 3.05) is 6.61 Å². The molecule has 0 atom stereocenters. The zero-order chi connectivity index (χ0) is 16.8. The summed E-state index contributed by atoms with van der Waals surface area (Å²) in [4.78, 5) is 23.0. The van der Waals surface area contributed by atoms with Crippen molar-refractivity contribution < 1.29 is 14.6 Å². The summed E-state index contributed by atoms with van der Waals surface area (Å²) in [7, 11) is 0. The molecule has 5 nitrogen and oxygen atoms in total. The monoisotopic (exact) mass is 335 g/mol. The van der Waals surface area contributed by atoms with Crippen LogP contribution in [0.2, 0.25) is 0 Å². The van der Waals surface area contributed by atoms with Crippen LogP contribution in [0.5, 0.6) is 5.75 Å². The Kier molecular flexibility index (Phi) is 5.98. The predicted molar refractivity (Wildman–Crippen MR) is 90.8 cm³/mol. The van der Waals surface area contributed by atoms with Crippen LogP contribution in [0.4, 0.5) is 0 Å². The minimum absolute atomic E-state index is 0.161. The molecule has 1 heterocycles. The largest absolute Gasteiger partial charge is 0.494 e. The second kappa shape index (κ2) is 7.97. The molecular weight excluding hydrogens is 314 g/mol. The van der Waals surface area contributed by atoms with Crippen LogP contribution in [0.15, 0.2) is 29.1 Å². The van der Waals surface area contributed by atoms with Gasteiger partial charge in [-0.1, -0.05) is 36.0 Å². The highest BCUT2D eigenvalue weighted by atomic mass is 32.1. The van der Waals surface area contributed by atoms with Gasteiger partial charge in [0, 0.05) is 12.2 Å². The highest BCUT2D eigenvalue weighted by Crippen LogP contribution is 2.15. The van der Waals surface area contributed by atoms with Gasteiger partial charge in [0.2, 0.25) is 0 Å². The molecule has 124 valence electrons. The van der Waals surface area contributed by atoms with Gasteiger partial charge in [0.1, 0.15) is 10.6 Å². The standard InChI is InChI=1S/C17H21NO4S/c1-3-14-15(16(19)20)23-17(21)18(14)10-4-5-11-22-13-8-6-12(2)7-9-13/h6-9H,3-5,10-11H2,1-2H3,(H,19,20). The molecule has 6 heteroatoms. The first-order chi connectivity index (χ1) is 11.0. The van der Waals surface area contributed by atoms with E-state index in [9.17, 15) is 9.59 Å². The fourth-order valence-corrected chi connectivity index (χ4v) is 3.32. The van der Waals surface area contributed by atoms with Crippen molar-refractivity contribution in [2.24, 2.45) is 0 Å². The Labute approximate surface area is 139 Å². The van der Waals surface area contributed by atoms with Crippen LogP contribution in [0.25, 0.3) is 0 Å². The maximum Gasteiger partial charge on any atom is 0.347 e. The van der Waals surface area contributed by atoms with Crippen LogP contribution in [0, 0.1) is 6.92 Å². The molecular formula is C17H21NO4S. The van der Waals surface area contributed by atoms with Crippen LogP contribution in [-0.2, 0) is 13.0 Å². The van der Waals surface area contributed by atoms with E-state index in [-0.39, 0.29) is 9.75 Å². The first kappa shape index (κ1) is 17.3. The molecule has 23 heavy (non-hydrogen) atoms. The van der Waals surface area contributed by atoms with E-state index in [0.29, 0.717) is 25.3 Å². The Morgan fingerprint density at radius 2 is 1.96 bits per heavy atom. The van der Waals surface area contributed by atoms with Crippen LogP contribution in [-0.4, -0.2) is 22.2 Å². The average Bonchev–Trinajstić information content (AvgIpc) is 2.85. The van der Waals surface area contributed by atoms with E-state index in [2.05, 4.69) is 0 Å². The first-order valence-electron chi connectivity index (χ1n) is 7.68. The summed E-state index contributed by atoms with van der Waals surface area (Å²) in [5.74, 6) is -0.184. The van der Waals surface area contributed by atoms with Crippen LogP contribution >= 0.6 is 11.3 Å². The number of hydrogen-bond acceptors (Lipinski definition) is 4. The number of carbonyl (C=O) groups is 1. The number of carboxylic acid groups (broad SMARTS) is 1. The first-order valence-corrected chi connectivity index (χ1v) is 8.49. The molecule has 1 aromatic carbocycles. The maximum absolute atomic E-state index is 11.9. The average molecular weight is 335 g/mol. The van der Waals surface area contributed by atoms with Gasteiger partial charge < -0.3 is 14.4 Å². The number of aromatic carboxylic acids is 1. The van der Waals surface area contributed by atoms with Gasteiger partial charge in [0.05, 0.1) is 6.61 Å². The van der Waals surface area contributed by atoms with E-state index < -0.39 is 5.97 Å². The summed E-state index contributed by atoms with van der Waals surface area (Å²) >= 11 is 0.812. The Hall–Kier alpha value is -2.08. The molecule has 0 radical (unpaired) electrons. The lowest BCUT2D eigenvalue weighted by Crippen LogP contribution is -2.17. The number of aromatic nitrogens is 1. The molecule has 0 aliphatic carbocycles. The van der Waals surface area contributed by atoms with Gasteiger partial charge in [-0.25, -0.2) is 4.79 Å². The molecule has 0 spiro atoms. The number of nitrogens with zero attached hydrogens (tertiary/aromatic N) is 1. The fourth-order valence-electron chi connectivity index (χ4n) is 2.38. The van der Waals surface area contributed by atoms with Crippen molar-refractivity contribution >= 4 is 17.3 Å². The van der Waals surface area contributed by atoms with Crippen molar-refractivity contribution in [3.8, 4) is 5.75 Å². The molecule has 0 aliphatic heterocycles. The third-order valence-corrected chi connectivity index (χ3v) is 4.60. The lowest BCUT2D eigenvalue weighted by Gasteiger charge is -2.08. The van der Waals surface area contributed by atoms with E-state index >= 15 is 0 Å². The second-order valence-electron chi connectivity index (χ2n) is 5.32. The third kappa shape index (κ3) is 4.45. The SMILES string of the molecule is CCc1c(C(=O)O)sc(=O)n1CCCCOc1ccc(C)cc1. The van der Waals surface area contributed by atoms with Crippen molar-refractivity contribution in [2.45, 2.75) is 39.7 Å². The van der Waals surface area contributed by atoms with Gasteiger partial charge in [-0.3, -0.25) is 4.79 Å². The molecule has 0 fully saturated rings. The van der Waals surface area contributed by atoms with Crippen molar-refractivity contribution in [3.63, 3.8) is 0 Å². The minimum atomic E-state index is -1.02. The van der Waals surface area contributed by atoms with E-state index in [1.807, 2.05) is 38.1 Å². The molecule has 0 bridgehead atoms. The van der Waals surface area contributed by atoms with E-state index in [1.165, 1.54) is 5.56 Å². The number of aryl methyl sites for hydroxylation is 1. The zero-order valence-electron chi connectivity index (χ0n) is 13.4. The van der Waals surface area contributed by atoms with E-state index in [0.717, 1.165) is 29.9 Å². The molecule has 0 saturated carbocycles. The molecule has 0 saturated heterocycles. The summed E-state index contributed by atoms with van der Waals surface area (Å²) in [5.41, 5.74) is 1.81. The molecule has 2 rings (SSSR count). The van der Waals surface area contributed by atoms with Crippen molar-refractivity contribution in [1.82, 2.24) is 4.57 Å². The van der Waals surface area contributed by atoms with E-state index in [4.69, 9.17) is 9.84 Å².